The molecule has 0 bridgehead atoms. The van der Waals surface area contributed by atoms with E-state index in [0.717, 1.165) is 18.4 Å². The molecule has 30 heavy (non-hydrogen) atoms. The summed E-state index contributed by atoms with van der Waals surface area (Å²) in [4.78, 5) is 24.9. The summed E-state index contributed by atoms with van der Waals surface area (Å²) in [6.07, 6.45) is 5.28. The number of carbonyl (C=O) groups is 1. The minimum absolute atomic E-state index is 0.164. The lowest BCUT2D eigenvalue weighted by Gasteiger charge is -2.29. The molecule has 0 saturated carbocycles. The molecule has 3 aromatic rings. The second-order valence-corrected chi connectivity index (χ2v) is 9.41. The lowest BCUT2D eigenvalue weighted by Crippen LogP contribution is -2.39. The monoisotopic (exact) mass is 430 g/mol. The Kier molecular flexibility index (Phi) is 7.11. The standard InChI is InChI=1S/C14H21NO2S.C6H5N5O/c1-13-7-10-15(11-8-13)18(16,17)12-9-14-5-3-2-4-6-14;7-5(12)3-4-6(10-1-8-3)11-2-9-4/h2-6,13H,7-12H2,1H3;1-2H,(H2,7,12)(H,8,9,10,11). The van der Waals surface area contributed by atoms with Gasteiger partial charge in [0.1, 0.15) is 11.8 Å². The van der Waals surface area contributed by atoms with Gasteiger partial charge in [0, 0.05) is 13.1 Å². The SMILES string of the molecule is CC1CCN(S(=O)(=O)CCc2ccccc2)CC1.NC(=O)c1ncnc2nc[nH]c12. The summed E-state index contributed by atoms with van der Waals surface area (Å²) in [6.45, 7) is 3.57. The predicted molar refractivity (Wildman–Crippen MR) is 114 cm³/mol. The molecule has 0 atom stereocenters. The van der Waals surface area contributed by atoms with Gasteiger partial charge in [-0.05, 0) is 30.7 Å². The number of primary amides is 1. The van der Waals surface area contributed by atoms with Crippen LogP contribution in [-0.2, 0) is 16.4 Å². The third-order valence-electron chi connectivity index (χ3n) is 5.08. The van der Waals surface area contributed by atoms with E-state index in [-0.39, 0.29) is 11.4 Å². The highest BCUT2D eigenvalue weighted by Crippen LogP contribution is 2.19. The van der Waals surface area contributed by atoms with E-state index in [1.807, 2.05) is 30.3 Å². The highest BCUT2D eigenvalue weighted by atomic mass is 32.2. The molecule has 3 heterocycles. The molecule has 160 valence electrons. The van der Waals surface area contributed by atoms with Crippen molar-refractivity contribution in [3.8, 4) is 0 Å². The largest absolute Gasteiger partial charge is 0.364 e. The van der Waals surface area contributed by atoms with Crippen molar-refractivity contribution in [3.63, 3.8) is 0 Å². The van der Waals surface area contributed by atoms with Crippen molar-refractivity contribution in [2.24, 2.45) is 11.7 Å². The maximum atomic E-state index is 12.2. The number of aromatic amines is 1. The molecular formula is C20H26N6O3S. The summed E-state index contributed by atoms with van der Waals surface area (Å²) in [5.74, 6) is 0.294. The molecule has 3 N–H and O–H groups in total. The van der Waals surface area contributed by atoms with Crippen LogP contribution in [0.15, 0.2) is 43.0 Å². The molecule has 2 aromatic heterocycles. The zero-order valence-corrected chi connectivity index (χ0v) is 17.7. The smallest absolute Gasteiger partial charge is 0.269 e. The fourth-order valence-corrected chi connectivity index (χ4v) is 4.75. The number of fused-ring (bicyclic) bond motifs is 1. The number of aromatic nitrogens is 4. The van der Waals surface area contributed by atoms with Crippen molar-refractivity contribution in [1.29, 1.82) is 0 Å². The number of nitrogens with two attached hydrogens (primary N) is 1. The van der Waals surface area contributed by atoms with Crippen LogP contribution in [0.4, 0.5) is 0 Å². The fourth-order valence-electron chi connectivity index (χ4n) is 3.24. The Bertz CT molecular complexity index is 1080. The number of nitrogens with zero attached hydrogens (tertiary/aromatic N) is 4. The van der Waals surface area contributed by atoms with E-state index in [1.165, 1.54) is 12.7 Å². The molecule has 0 unspecified atom stereocenters. The van der Waals surface area contributed by atoms with Gasteiger partial charge in [0.25, 0.3) is 5.91 Å². The van der Waals surface area contributed by atoms with Crippen molar-refractivity contribution in [2.45, 2.75) is 26.2 Å². The first kappa shape index (κ1) is 21.8. The number of hydrogen-bond donors (Lipinski definition) is 2. The van der Waals surface area contributed by atoms with E-state index in [9.17, 15) is 13.2 Å². The maximum Gasteiger partial charge on any atom is 0.269 e. The van der Waals surface area contributed by atoms with Crippen molar-refractivity contribution in [3.05, 3.63) is 54.2 Å². The van der Waals surface area contributed by atoms with Crippen LogP contribution in [0.2, 0.25) is 0 Å². The number of benzene rings is 1. The second-order valence-electron chi connectivity index (χ2n) is 7.32. The Morgan fingerprint density at radius 1 is 1.17 bits per heavy atom. The summed E-state index contributed by atoms with van der Waals surface area (Å²) >= 11 is 0. The van der Waals surface area contributed by atoms with E-state index >= 15 is 0 Å². The minimum atomic E-state index is -3.07. The van der Waals surface area contributed by atoms with Gasteiger partial charge < -0.3 is 10.7 Å². The molecule has 1 amide bonds. The molecule has 9 nitrogen and oxygen atoms in total. The third-order valence-corrected chi connectivity index (χ3v) is 6.96. The zero-order valence-electron chi connectivity index (χ0n) is 16.9. The molecule has 1 aliphatic heterocycles. The topological polar surface area (TPSA) is 135 Å². The van der Waals surface area contributed by atoms with Gasteiger partial charge in [-0.25, -0.2) is 27.7 Å². The number of imidazole rings is 1. The van der Waals surface area contributed by atoms with Gasteiger partial charge in [0.05, 0.1) is 12.1 Å². The first-order valence-electron chi connectivity index (χ1n) is 9.82. The number of H-pyrrole nitrogens is 1. The Hall–Kier alpha value is -2.85. The number of hydrogen-bond acceptors (Lipinski definition) is 6. The van der Waals surface area contributed by atoms with Crippen molar-refractivity contribution in [2.75, 3.05) is 18.8 Å². The highest BCUT2D eigenvalue weighted by Gasteiger charge is 2.25. The van der Waals surface area contributed by atoms with Gasteiger partial charge in [-0.15, -0.1) is 0 Å². The average molecular weight is 431 g/mol. The number of piperidine rings is 1. The maximum absolute atomic E-state index is 12.2. The second kappa shape index (κ2) is 9.77. The number of nitrogens with one attached hydrogen (secondary N) is 1. The minimum Gasteiger partial charge on any atom is -0.364 e. The number of sulfonamides is 1. The van der Waals surface area contributed by atoms with Crippen molar-refractivity contribution in [1.82, 2.24) is 24.2 Å². The first-order valence-corrected chi connectivity index (χ1v) is 11.4. The summed E-state index contributed by atoms with van der Waals surface area (Å²) in [5.41, 5.74) is 7.24. The van der Waals surface area contributed by atoms with Crippen LogP contribution in [0, 0.1) is 5.92 Å². The summed E-state index contributed by atoms with van der Waals surface area (Å²) in [7, 11) is -3.07. The molecule has 4 rings (SSSR count). The van der Waals surface area contributed by atoms with Gasteiger partial charge in [-0.3, -0.25) is 4.79 Å². The average Bonchev–Trinajstić information content (AvgIpc) is 3.23. The number of aryl methyl sites for hydroxylation is 1. The van der Waals surface area contributed by atoms with E-state index in [4.69, 9.17) is 5.73 Å². The lowest BCUT2D eigenvalue weighted by atomic mass is 10.0. The summed E-state index contributed by atoms with van der Waals surface area (Å²) in [5, 5.41) is 0. The molecule has 10 heteroatoms. The van der Waals surface area contributed by atoms with Crippen LogP contribution in [0.1, 0.15) is 35.8 Å². The molecule has 1 saturated heterocycles. The van der Waals surface area contributed by atoms with Gasteiger partial charge in [0.2, 0.25) is 10.0 Å². The van der Waals surface area contributed by atoms with E-state index in [1.54, 1.807) is 4.31 Å². The third kappa shape index (κ3) is 5.61. The molecule has 1 aromatic carbocycles. The zero-order chi connectivity index (χ0) is 21.6. The van der Waals surface area contributed by atoms with Gasteiger partial charge in [-0.2, -0.15) is 0 Å². The van der Waals surface area contributed by atoms with Crippen LogP contribution < -0.4 is 5.73 Å². The van der Waals surface area contributed by atoms with Gasteiger partial charge in [-0.1, -0.05) is 37.3 Å². The number of carbonyl (C=O) groups excluding carboxylic acids is 1. The predicted octanol–water partition coefficient (Wildman–Crippen LogP) is 1.74. The van der Waals surface area contributed by atoms with E-state index < -0.39 is 15.9 Å². The molecular weight excluding hydrogens is 404 g/mol. The first-order chi connectivity index (χ1) is 14.4. The van der Waals surface area contributed by atoms with Gasteiger partial charge >= 0.3 is 0 Å². The van der Waals surface area contributed by atoms with Crippen LogP contribution in [0.25, 0.3) is 11.2 Å². The lowest BCUT2D eigenvalue weighted by molar-refractivity contribution is 0.0997. The van der Waals surface area contributed by atoms with Crippen LogP contribution >= 0.6 is 0 Å². The highest BCUT2D eigenvalue weighted by molar-refractivity contribution is 7.89. The van der Waals surface area contributed by atoms with Crippen molar-refractivity contribution >= 4 is 27.1 Å². The Morgan fingerprint density at radius 2 is 1.87 bits per heavy atom. The van der Waals surface area contributed by atoms with Crippen molar-refractivity contribution < 1.29 is 13.2 Å². The Balaban J connectivity index is 0.000000184. The molecule has 1 fully saturated rings. The normalized spacial score (nSPS) is 15.5. The summed E-state index contributed by atoms with van der Waals surface area (Å²) < 4.78 is 26.0. The number of rotatable bonds is 5. The molecule has 0 spiro atoms. The van der Waals surface area contributed by atoms with Crippen LogP contribution in [-0.4, -0.2) is 57.4 Å². The van der Waals surface area contributed by atoms with E-state index in [0.29, 0.717) is 36.6 Å². The quantitative estimate of drug-likeness (QED) is 0.633. The summed E-state index contributed by atoms with van der Waals surface area (Å²) in [6, 6.07) is 9.81. The van der Waals surface area contributed by atoms with Crippen LogP contribution in [0.3, 0.4) is 0 Å². The molecule has 0 radical (unpaired) electrons. The molecule has 1 aliphatic rings. The molecule has 0 aliphatic carbocycles. The fraction of sp³-hybridized carbons (Fsp3) is 0.400. The number of amides is 1. The Morgan fingerprint density at radius 3 is 2.53 bits per heavy atom. The Labute approximate surface area is 175 Å². The van der Waals surface area contributed by atoms with Crippen LogP contribution in [0.5, 0.6) is 0 Å². The van der Waals surface area contributed by atoms with Gasteiger partial charge in [0.15, 0.2) is 11.3 Å². The van der Waals surface area contributed by atoms with E-state index in [2.05, 4.69) is 26.9 Å².